The molecule has 84 valence electrons. The Morgan fingerprint density at radius 2 is 1.47 bits per heavy atom. The van der Waals surface area contributed by atoms with E-state index in [0.717, 1.165) is 6.42 Å². The molecule has 0 aliphatic rings. The van der Waals surface area contributed by atoms with Crippen molar-refractivity contribution in [2.24, 2.45) is 5.92 Å². The zero-order chi connectivity index (χ0) is 11.4. The highest BCUT2D eigenvalue weighted by atomic mass is 35.5. The molecule has 0 aromatic heterocycles. The van der Waals surface area contributed by atoms with Gasteiger partial charge in [0.1, 0.15) is 0 Å². The lowest BCUT2D eigenvalue weighted by Crippen LogP contribution is -2.10. The van der Waals surface area contributed by atoms with Gasteiger partial charge in [0.15, 0.2) is 0 Å². The van der Waals surface area contributed by atoms with Gasteiger partial charge in [0.25, 0.3) is 0 Å². The Morgan fingerprint density at radius 3 is 1.87 bits per heavy atom. The topological polar surface area (TPSA) is 0 Å². The summed E-state index contributed by atoms with van der Waals surface area (Å²) in [5.74, 6) is 1.65. The molecule has 15 heavy (non-hydrogen) atoms. The summed E-state index contributed by atoms with van der Waals surface area (Å²) in [5.41, 5.74) is 5.44. The second kappa shape index (κ2) is 5.77. The molecule has 0 N–H and O–H groups in total. The third-order valence-electron chi connectivity index (χ3n) is 2.77. The van der Waals surface area contributed by atoms with E-state index in [4.69, 9.17) is 23.2 Å². The normalized spacial score (nSPS) is 11.1. The smallest absolute Gasteiger partial charge is 0.0266 e. The van der Waals surface area contributed by atoms with E-state index in [1.165, 1.54) is 22.3 Å². The molecular weight excluding hydrogens is 227 g/mol. The van der Waals surface area contributed by atoms with Gasteiger partial charge in [-0.3, -0.25) is 0 Å². The Balaban J connectivity index is 2.94. The fraction of sp³-hybridized carbons (Fsp3) is 0.538. The predicted molar refractivity (Wildman–Crippen MR) is 69.3 cm³/mol. The first-order valence-corrected chi connectivity index (χ1v) is 6.34. The zero-order valence-electron chi connectivity index (χ0n) is 9.61. The van der Waals surface area contributed by atoms with Gasteiger partial charge in [0.2, 0.25) is 0 Å². The zero-order valence-corrected chi connectivity index (χ0v) is 11.1. The fourth-order valence-electron chi connectivity index (χ4n) is 1.97. The van der Waals surface area contributed by atoms with Gasteiger partial charge >= 0.3 is 0 Å². The minimum atomic E-state index is 0.383. The van der Waals surface area contributed by atoms with E-state index in [1.54, 1.807) is 0 Å². The van der Waals surface area contributed by atoms with E-state index in [9.17, 15) is 0 Å². The van der Waals surface area contributed by atoms with Gasteiger partial charge in [-0.05, 0) is 49.8 Å². The molecule has 1 rings (SSSR count). The lowest BCUT2D eigenvalue weighted by atomic mass is 9.93. The number of halogens is 2. The van der Waals surface area contributed by atoms with E-state index in [1.807, 2.05) is 0 Å². The van der Waals surface area contributed by atoms with Gasteiger partial charge in [0.05, 0.1) is 0 Å². The molecule has 2 heteroatoms. The van der Waals surface area contributed by atoms with Gasteiger partial charge in [-0.2, -0.15) is 0 Å². The lowest BCUT2D eigenvalue weighted by molar-refractivity contribution is 0.657. The molecule has 0 atom stereocenters. The fourth-order valence-corrected chi connectivity index (χ4v) is 2.52. The second-order valence-corrected chi connectivity index (χ2v) is 4.87. The van der Waals surface area contributed by atoms with Crippen molar-refractivity contribution in [3.8, 4) is 0 Å². The van der Waals surface area contributed by atoms with E-state index in [-0.39, 0.29) is 0 Å². The summed E-state index contributed by atoms with van der Waals surface area (Å²) in [6, 6.07) is 4.45. The number of rotatable bonds is 4. The first-order valence-electron chi connectivity index (χ1n) is 5.27. The van der Waals surface area contributed by atoms with Crippen LogP contribution in [0.4, 0.5) is 0 Å². The summed E-state index contributed by atoms with van der Waals surface area (Å²) in [6.45, 7) is 6.45. The van der Waals surface area contributed by atoms with E-state index in [0.29, 0.717) is 17.7 Å². The molecule has 0 bridgehead atoms. The predicted octanol–water partition coefficient (Wildman–Crippen LogP) is 4.25. The highest BCUT2D eigenvalue weighted by Gasteiger charge is 2.11. The Bertz CT molecular complexity index is 304. The van der Waals surface area contributed by atoms with Crippen molar-refractivity contribution in [3.63, 3.8) is 0 Å². The summed E-state index contributed by atoms with van der Waals surface area (Å²) in [4.78, 5) is 0. The SMILES string of the molecule is Cc1cc(C)c(CC(CCl)CCl)c(C)c1. The van der Waals surface area contributed by atoms with Crippen molar-refractivity contribution in [1.82, 2.24) is 0 Å². The molecule has 0 spiro atoms. The molecule has 0 fully saturated rings. The summed E-state index contributed by atoms with van der Waals surface area (Å²) in [6.07, 6.45) is 0.991. The quantitative estimate of drug-likeness (QED) is 0.696. The van der Waals surface area contributed by atoms with Crippen molar-refractivity contribution in [1.29, 1.82) is 0 Å². The summed E-state index contributed by atoms with van der Waals surface area (Å²) < 4.78 is 0. The minimum absolute atomic E-state index is 0.383. The number of aryl methyl sites for hydroxylation is 3. The van der Waals surface area contributed by atoms with E-state index in [2.05, 4.69) is 32.9 Å². The van der Waals surface area contributed by atoms with Crippen molar-refractivity contribution in [2.45, 2.75) is 27.2 Å². The molecule has 0 heterocycles. The van der Waals surface area contributed by atoms with Crippen LogP contribution in [0.1, 0.15) is 22.3 Å². The average molecular weight is 245 g/mol. The molecular formula is C13H18Cl2. The standard InChI is InChI=1S/C13H18Cl2/c1-9-4-10(2)13(11(3)5-9)6-12(7-14)8-15/h4-5,12H,6-8H2,1-3H3. The van der Waals surface area contributed by atoms with Gasteiger partial charge < -0.3 is 0 Å². The van der Waals surface area contributed by atoms with Crippen molar-refractivity contribution >= 4 is 23.2 Å². The van der Waals surface area contributed by atoms with Crippen LogP contribution in [0.25, 0.3) is 0 Å². The Labute approximate surface area is 103 Å². The third kappa shape index (κ3) is 3.39. The molecule has 0 aliphatic heterocycles. The van der Waals surface area contributed by atoms with Crippen LogP contribution < -0.4 is 0 Å². The summed E-state index contributed by atoms with van der Waals surface area (Å²) >= 11 is 11.7. The van der Waals surface area contributed by atoms with Crippen LogP contribution in [0, 0.1) is 26.7 Å². The van der Waals surface area contributed by atoms with Gasteiger partial charge in [-0.1, -0.05) is 17.7 Å². The molecule has 0 saturated carbocycles. The number of hydrogen-bond donors (Lipinski definition) is 0. The highest BCUT2D eigenvalue weighted by Crippen LogP contribution is 2.21. The Morgan fingerprint density at radius 1 is 1.00 bits per heavy atom. The third-order valence-corrected chi connectivity index (χ3v) is 3.64. The maximum atomic E-state index is 5.87. The number of benzene rings is 1. The maximum Gasteiger partial charge on any atom is 0.0266 e. The molecule has 1 aromatic carbocycles. The van der Waals surface area contributed by atoms with Crippen LogP contribution in [0.3, 0.4) is 0 Å². The van der Waals surface area contributed by atoms with Crippen LogP contribution >= 0.6 is 23.2 Å². The second-order valence-electron chi connectivity index (χ2n) is 4.26. The number of alkyl halides is 2. The van der Waals surface area contributed by atoms with Gasteiger partial charge in [-0.15, -0.1) is 23.2 Å². The van der Waals surface area contributed by atoms with Crippen molar-refractivity contribution < 1.29 is 0 Å². The largest absolute Gasteiger partial charge is 0.126 e. The molecule has 0 aliphatic carbocycles. The maximum absolute atomic E-state index is 5.87. The molecule has 0 nitrogen and oxygen atoms in total. The molecule has 1 aromatic rings. The van der Waals surface area contributed by atoms with E-state index >= 15 is 0 Å². The van der Waals surface area contributed by atoms with Crippen LogP contribution in [0.15, 0.2) is 12.1 Å². The average Bonchev–Trinajstić information content (AvgIpc) is 2.17. The first kappa shape index (κ1) is 12.9. The monoisotopic (exact) mass is 244 g/mol. The van der Waals surface area contributed by atoms with Crippen LogP contribution in [-0.2, 0) is 6.42 Å². The van der Waals surface area contributed by atoms with Gasteiger partial charge in [0, 0.05) is 11.8 Å². The Hall–Kier alpha value is -0.200. The van der Waals surface area contributed by atoms with Crippen molar-refractivity contribution in [2.75, 3.05) is 11.8 Å². The lowest BCUT2D eigenvalue weighted by Gasteiger charge is -2.15. The Kier molecular flexibility index (Phi) is 4.95. The van der Waals surface area contributed by atoms with E-state index < -0.39 is 0 Å². The molecule has 0 saturated heterocycles. The van der Waals surface area contributed by atoms with Crippen molar-refractivity contribution in [3.05, 3.63) is 34.4 Å². The summed E-state index contributed by atoms with van der Waals surface area (Å²) in [5, 5.41) is 0. The van der Waals surface area contributed by atoms with Crippen LogP contribution in [0.5, 0.6) is 0 Å². The molecule has 0 amide bonds. The minimum Gasteiger partial charge on any atom is -0.126 e. The highest BCUT2D eigenvalue weighted by molar-refractivity contribution is 6.20. The summed E-state index contributed by atoms with van der Waals surface area (Å²) in [7, 11) is 0. The molecule has 0 radical (unpaired) electrons. The van der Waals surface area contributed by atoms with Gasteiger partial charge in [-0.25, -0.2) is 0 Å². The van der Waals surface area contributed by atoms with Crippen LogP contribution in [0.2, 0.25) is 0 Å². The molecule has 0 unspecified atom stereocenters. The number of hydrogen-bond acceptors (Lipinski definition) is 0. The van der Waals surface area contributed by atoms with Crippen LogP contribution in [-0.4, -0.2) is 11.8 Å². The first-order chi connectivity index (χ1) is 7.08.